The summed E-state index contributed by atoms with van der Waals surface area (Å²) in [6.07, 6.45) is 3.51. The molecule has 0 bridgehead atoms. The molecule has 0 aliphatic carbocycles. The van der Waals surface area contributed by atoms with Gasteiger partial charge in [0.2, 0.25) is 0 Å². The molecule has 3 rings (SSSR count). The summed E-state index contributed by atoms with van der Waals surface area (Å²) in [6, 6.07) is 16.3. The standard InChI is InChI=1S/C23H23ClN2O4/c24-21-5-1-2-6-22(21)30-13-12-29-19-9-7-17(8-10-19)14-18(15-25)23(27)26-16-20-4-3-11-28-20/h1-2,5-10,14,20H,3-4,11-13,16H2,(H,26,27)/b18-14+/t20-/m0/s1. The monoisotopic (exact) mass is 426 g/mol. The number of benzene rings is 2. The van der Waals surface area contributed by atoms with E-state index in [1.165, 1.54) is 0 Å². The first-order valence-corrected chi connectivity index (χ1v) is 10.2. The molecule has 1 atom stereocenters. The quantitative estimate of drug-likeness (QED) is 0.372. The number of hydrogen-bond donors (Lipinski definition) is 1. The maximum absolute atomic E-state index is 12.2. The maximum atomic E-state index is 12.2. The zero-order chi connectivity index (χ0) is 21.2. The van der Waals surface area contributed by atoms with Gasteiger partial charge in [-0.1, -0.05) is 35.9 Å². The highest BCUT2D eigenvalue weighted by Gasteiger charge is 2.17. The Morgan fingerprint density at radius 3 is 2.67 bits per heavy atom. The van der Waals surface area contributed by atoms with E-state index < -0.39 is 5.91 Å². The molecule has 30 heavy (non-hydrogen) atoms. The van der Waals surface area contributed by atoms with Gasteiger partial charge < -0.3 is 19.5 Å². The van der Waals surface area contributed by atoms with Crippen LogP contribution in [0.5, 0.6) is 11.5 Å². The highest BCUT2D eigenvalue weighted by atomic mass is 35.5. The predicted octanol–water partition coefficient (Wildman–Crippen LogP) is 4.00. The lowest BCUT2D eigenvalue weighted by Crippen LogP contribution is -2.32. The van der Waals surface area contributed by atoms with E-state index in [-0.39, 0.29) is 11.7 Å². The molecule has 0 aromatic heterocycles. The summed E-state index contributed by atoms with van der Waals surface area (Å²) in [5.41, 5.74) is 0.785. The molecule has 1 aliphatic rings. The summed E-state index contributed by atoms with van der Waals surface area (Å²) in [7, 11) is 0. The van der Waals surface area contributed by atoms with Crippen LogP contribution in [0.2, 0.25) is 5.02 Å². The number of amides is 1. The minimum Gasteiger partial charge on any atom is -0.490 e. The molecule has 0 radical (unpaired) electrons. The highest BCUT2D eigenvalue weighted by molar-refractivity contribution is 6.32. The molecule has 1 aliphatic heterocycles. The number of para-hydroxylation sites is 1. The Bertz CT molecular complexity index is 916. The Morgan fingerprint density at radius 1 is 1.20 bits per heavy atom. The van der Waals surface area contributed by atoms with Crippen LogP contribution in [0.25, 0.3) is 6.08 Å². The minimum atomic E-state index is -0.398. The van der Waals surface area contributed by atoms with Crippen molar-refractivity contribution in [2.75, 3.05) is 26.4 Å². The lowest BCUT2D eigenvalue weighted by atomic mass is 10.1. The number of carbonyl (C=O) groups excluding carboxylic acids is 1. The molecule has 1 N–H and O–H groups in total. The number of nitrogens with one attached hydrogen (secondary N) is 1. The van der Waals surface area contributed by atoms with E-state index in [1.54, 1.807) is 42.5 Å². The summed E-state index contributed by atoms with van der Waals surface area (Å²) in [4.78, 5) is 12.2. The first kappa shape index (κ1) is 21.7. The molecular formula is C23H23ClN2O4. The van der Waals surface area contributed by atoms with Crippen LogP contribution >= 0.6 is 11.6 Å². The minimum absolute atomic E-state index is 0.0345. The van der Waals surface area contributed by atoms with Crippen molar-refractivity contribution >= 4 is 23.6 Å². The number of rotatable bonds is 9. The molecule has 1 fully saturated rings. The number of ether oxygens (including phenoxy) is 3. The Morgan fingerprint density at radius 2 is 1.97 bits per heavy atom. The Kier molecular flexibility index (Phi) is 8.13. The average Bonchev–Trinajstić information content (AvgIpc) is 3.29. The van der Waals surface area contributed by atoms with Gasteiger partial charge in [-0.15, -0.1) is 0 Å². The second kappa shape index (κ2) is 11.2. The zero-order valence-corrected chi connectivity index (χ0v) is 17.2. The molecule has 7 heteroatoms. The van der Waals surface area contributed by atoms with Crippen molar-refractivity contribution < 1.29 is 19.0 Å². The fourth-order valence-electron chi connectivity index (χ4n) is 2.96. The zero-order valence-electron chi connectivity index (χ0n) is 16.5. The Balaban J connectivity index is 1.46. The molecule has 1 amide bonds. The van der Waals surface area contributed by atoms with Crippen molar-refractivity contribution in [1.82, 2.24) is 5.32 Å². The van der Waals surface area contributed by atoms with Crippen LogP contribution < -0.4 is 14.8 Å². The summed E-state index contributed by atoms with van der Waals surface area (Å²) < 4.78 is 16.7. The lowest BCUT2D eigenvalue weighted by molar-refractivity contribution is -0.117. The Labute approximate surface area is 181 Å². The van der Waals surface area contributed by atoms with Crippen molar-refractivity contribution in [1.29, 1.82) is 5.26 Å². The van der Waals surface area contributed by atoms with Crippen molar-refractivity contribution in [3.8, 4) is 17.6 Å². The molecule has 1 heterocycles. The van der Waals surface area contributed by atoms with Crippen LogP contribution in [0, 0.1) is 11.3 Å². The van der Waals surface area contributed by atoms with Crippen LogP contribution in [-0.4, -0.2) is 38.4 Å². The summed E-state index contributed by atoms with van der Waals surface area (Å²) in [5, 5.41) is 12.6. The van der Waals surface area contributed by atoms with Gasteiger partial charge in [0.1, 0.15) is 36.4 Å². The third kappa shape index (κ3) is 6.51. The molecule has 2 aromatic rings. The lowest BCUT2D eigenvalue weighted by Gasteiger charge is -2.10. The summed E-state index contributed by atoms with van der Waals surface area (Å²) >= 11 is 6.04. The first-order valence-electron chi connectivity index (χ1n) is 9.77. The van der Waals surface area contributed by atoms with Crippen LogP contribution in [-0.2, 0) is 9.53 Å². The van der Waals surface area contributed by atoms with Gasteiger partial charge in [-0.3, -0.25) is 4.79 Å². The van der Waals surface area contributed by atoms with Gasteiger partial charge in [0, 0.05) is 13.2 Å². The number of halogens is 1. The van der Waals surface area contributed by atoms with E-state index in [4.69, 9.17) is 25.8 Å². The summed E-state index contributed by atoms with van der Waals surface area (Å²) in [5.74, 6) is 0.881. The molecular weight excluding hydrogens is 404 g/mol. The second-order valence-electron chi connectivity index (χ2n) is 6.71. The predicted molar refractivity (Wildman–Crippen MR) is 114 cm³/mol. The van der Waals surface area contributed by atoms with Crippen molar-refractivity contribution in [3.63, 3.8) is 0 Å². The van der Waals surface area contributed by atoms with Crippen LogP contribution in [0.4, 0.5) is 0 Å². The van der Waals surface area contributed by atoms with Gasteiger partial charge in [-0.2, -0.15) is 5.26 Å². The van der Waals surface area contributed by atoms with E-state index in [9.17, 15) is 10.1 Å². The van der Waals surface area contributed by atoms with Crippen LogP contribution in [0.3, 0.4) is 0 Å². The topological polar surface area (TPSA) is 80.6 Å². The van der Waals surface area contributed by atoms with E-state index in [1.807, 2.05) is 18.2 Å². The average molecular weight is 427 g/mol. The first-order chi connectivity index (χ1) is 14.7. The number of carbonyl (C=O) groups is 1. The van der Waals surface area contributed by atoms with Crippen molar-refractivity contribution in [2.24, 2.45) is 0 Å². The highest BCUT2D eigenvalue weighted by Crippen LogP contribution is 2.23. The second-order valence-corrected chi connectivity index (χ2v) is 7.12. The van der Waals surface area contributed by atoms with E-state index in [2.05, 4.69) is 5.32 Å². The fourth-order valence-corrected chi connectivity index (χ4v) is 3.15. The summed E-state index contributed by atoms with van der Waals surface area (Å²) in [6.45, 7) is 1.85. The molecule has 0 spiro atoms. The molecule has 0 saturated carbocycles. The fraction of sp³-hybridized carbons (Fsp3) is 0.304. The normalized spacial score (nSPS) is 16.0. The molecule has 156 valence electrons. The van der Waals surface area contributed by atoms with Crippen LogP contribution in [0.15, 0.2) is 54.1 Å². The Hall–Kier alpha value is -3.01. The number of nitriles is 1. The molecule has 0 unspecified atom stereocenters. The van der Waals surface area contributed by atoms with Crippen molar-refractivity contribution in [2.45, 2.75) is 18.9 Å². The smallest absolute Gasteiger partial charge is 0.262 e. The molecule has 6 nitrogen and oxygen atoms in total. The van der Waals surface area contributed by atoms with Crippen molar-refractivity contribution in [3.05, 3.63) is 64.7 Å². The largest absolute Gasteiger partial charge is 0.490 e. The number of nitrogens with zero attached hydrogens (tertiary/aromatic N) is 1. The maximum Gasteiger partial charge on any atom is 0.262 e. The van der Waals surface area contributed by atoms with Gasteiger partial charge in [-0.25, -0.2) is 0 Å². The van der Waals surface area contributed by atoms with E-state index in [0.29, 0.717) is 36.3 Å². The van der Waals surface area contributed by atoms with Gasteiger partial charge in [0.15, 0.2) is 0 Å². The van der Waals surface area contributed by atoms with Gasteiger partial charge in [0.05, 0.1) is 11.1 Å². The van der Waals surface area contributed by atoms with E-state index >= 15 is 0 Å². The number of hydrogen-bond acceptors (Lipinski definition) is 5. The van der Waals surface area contributed by atoms with Gasteiger partial charge in [0.25, 0.3) is 5.91 Å². The molecule has 2 aromatic carbocycles. The van der Waals surface area contributed by atoms with Gasteiger partial charge >= 0.3 is 0 Å². The van der Waals surface area contributed by atoms with Crippen LogP contribution in [0.1, 0.15) is 18.4 Å². The third-order valence-electron chi connectivity index (χ3n) is 4.52. The third-order valence-corrected chi connectivity index (χ3v) is 4.83. The molecule has 1 saturated heterocycles. The van der Waals surface area contributed by atoms with E-state index in [0.717, 1.165) is 25.0 Å². The SMILES string of the molecule is N#C/C(=C\c1ccc(OCCOc2ccccc2Cl)cc1)C(=O)NC[C@@H]1CCCO1. The van der Waals surface area contributed by atoms with Gasteiger partial charge in [-0.05, 0) is 48.7 Å².